The smallest absolute Gasteiger partial charge is 0.417 e. The van der Waals surface area contributed by atoms with Crippen molar-refractivity contribution in [1.29, 1.82) is 0 Å². The maximum absolute atomic E-state index is 9.90. The fourth-order valence-corrected chi connectivity index (χ4v) is 1.000. The number of hydrogen-bond acceptors (Lipinski definition) is 5. The molecule has 1 unspecified atom stereocenters. The Morgan fingerprint density at radius 1 is 1.33 bits per heavy atom. The maximum atomic E-state index is 9.90. The second-order valence-electron chi connectivity index (χ2n) is 2.45. The molecule has 1 atom stereocenters. The van der Waals surface area contributed by atoms with Crippen molar-refractivity contribution in [2.45, 2.75) is 20.8 Å². The molecule has 0 rings (SSSR count). The maximum Gasteiger partial charge on any atom is 0.417 e. The Bertz CT molecular complexity index is 180. The SMILES string of the molecule is CCN(CC)CC.COC(=O)NS(=O)[O-]. The molecule has 0 aliphatic rings. The highest BCUT2D eigenvalue weighted by molar-refractivity contribution is 7.77. The van der Waals surface area contributed by atoms with Crippen molar-refractivity contribution in [1.82, 2.24) is 9.62 Å². The summed E-state index contributed by atoms with van der Waals surface area (Å²) >= 11 is -2.57. The Morgan fingerprint density at radius 2 is 1.73 bits per heavy atom. The molecule has 0 aliphatic carbocycles. The van der Waals surface area contributed by atoms with Gasteiger partial charge in [-0.05, 0) is 19.6 Å². The van der Waals surface area contributed by atoms with E-state index in [4.69, 9.17) is 0 Å². The van der Waals surface area contributed by atoms with E-state index in [0.717, 1.165) is 7.11 Å². The Labute approximate surface area is 93.4 Å². The van der Waals surface area contributed by atoms with E-state index < -0.39 is 17.4 Å². The van der Waals surface area contributed by atoms with Crippen molar-refractivity contribution in [3.8, 4) is 0 Å². The van der Waals surface area contributed by atoms with Crippen molar-refractivity contribution in [2.75, 3.05) is 26.7 Å². The first kappa shape index (κ1) is 16.8. The van der Waals surface area contributed by atoms with Crippen LogP contribution >= 0.6 is 0 Å². The van der Waals surface area contributed by atoms with Gasteiger partial charge in [-0.15, -0.1) is 0 Å². The fourth-order valence-electron chi connectivity index (χ4n) is 0.781. The standard InChI is InChI=1S/C6H15N.C2H5NO4S/c1-4-7(5-2)6-3;1-7-2(4)3-8(5)6/h4-6H2,1-3H3;1H3,(H,3,4)(H,5,6)/p-1. The largest absolute Gasteiger partial charge is 0.755 e. The summed E-state index contributed by atoms with van der Waals surface area (Å²) < 4.78 is 24.5. The van der Waals surface area contributed by atoms with Crippen LogP contribution in [0.4, 0.5) is 4.79 Å². The molecule has 0 aromatic carbocycles. The van der Waals surface area contributed by atoms with Crippen LogP contribution in [0.3, 0.4) is 0 Å². The molecule has 0 aromatic rings. The lowest BCUT2D eigenvalue weighted by atomic mass is 10.5. The molecule has 0 heterocycles. The van der Waals surface area contributed by atoms with E-state index in [2.05, 4.69) is 30.4 Å². The van der Waals surface area contributed by atoms with Crippen molar-refractivity contribution in [3.05, 3.63) is 0 Å². The molecule has 1 amide bonds. The molecule has 1 N–H and O–H groups in total. The zero-order valence-electron chi connectivity index (χ0n) is 9.61. The molecule has 0 fully saturated rings. The molecule has 0 aromatic heterocycles. The highest BCUT2D eigenvalue weighted by atomic mass is 32.2. The number of carbonyl (C=O) groups is 1. The molecular formula is C8H19N2O4S-. The van der Waals surface area contributed by atoms with Crippen LogP contribution in [-0.2, 0) is 16.0 Å². The van der Waals surface area contributed by atoms with Gasteiger partial charge in [-0.1, -0.05) is 20.8 Å². The Morgan fingerprint density at radius 3 is 1.80 bits per heavy atom. The van der Waals surface area contributed by atoms with Crippen LogP contribution in [0.15, 0.2) is 0 Å². The molecule has 0 spiro atoms. The topological polar surface area (TPSA) is 81.7 Å². The molecule has 0 aliphatic heterocycles. The minimum absolute atomic E-state index is 0.988. The van der Waals surface area contributed by atoms with E-state index >= 15 is 0 Å². The number of amides is 1. The van der Waals surface area contributed by atoms with Crippen LogP contribution in [0.2, 0.25) is 0 Å². The van der Waals surface area contributed by atoms with Gasteiger partial charge in [0.2, 0.25) is 0 Å². The van der Waals surface area contributed by atoms with Crippen LogP contribution in [0.1, 0.15) is 20.8 Å². The molecule has 15 heavy (non-hydrogen) atoms. The Kier molecular flexibility index (Phi) is 12.8. The minimum atomic E-state index is -2.57. The summed E-state index contributed by atoms with van der Waals surface area (Å²) in [6.45, 7) is 10.1. The molecule has 7 heteroatoms. The first-order chi connectivity index (χ1) is 7.01. The lowest BCUT2D eigenvalue weighted by Gasteiger charge is -2.13. The molecule has 0 saturated heterocycles. The van der Waals surface area contributed by atoms with Crippen LogP contribution in [0.25, 0.3) is 0 Å². The highest BCUT2D eigenvalue weighted by Gasteiger charge is 1.92. The Hall–Kier alpha value is -0.660. The summed E-state index contributed by atoms with van der Waals surface area (Å²) in [6, 6.07) is 0. The number of nitrogens with one attached hydrogen (secondary N) is 1. The minimum Gasteiger partial charge on any atom is -0.755 e. The summed E-state index contributed by atoms with van der Waals surface area (Å²) in [4.78, 5) is 12.3. The number of rotatable bonds is 4. The van der Waals surface area contributed by atoms with E-state index in [1.165, 1.54) is 24.4 Å². The van der Waals surface area contributed by atoms with Crippen molar-refractivity contribution < 1.29 is 18.3 Å². The third kappa shape index (κ3) is 13.3. The quantitative estimate of drug-likeness (QED) is 0.722. The zero-order valence-corrected chi connectivity index (χ0v) is 10.4. The summed E-state index contributed by atoms with van der Waals surface area (Å²) in [7, 11) is 1.07. The average molecular weight is 239 g/mol. The molecule has 6 nitrogen and oxygen atoms in total. The van der Waals surface area contributed by atoms with Crippen LogP contribution in [0, 0.1) is 0 Å². The number of hydrogen-bond donors (Lipinski definition) is 1. The molecule has 92 valence electrons. The van der Waals surface area contributed by atoms with Gasteiger partial charge in [0, 0.05) is 11.3 Å². The van der Waals surface area contributed by atoms with Crippen molar-refractivity contribution >= 4 is 17.4 Å². The molecule has 0 radical (unpaired) electrons. The van der Waals surface area contributed by atoms with E-state index in [0.29, 0.717) is 0 Å². The summed E-state index contributed by atoms with van der Waals surface area (Å²) in [5, 5.41) is 0. The van der Waals surface area contributed by atoms with Crippen LogP contribution in [-0.4, -0.2) is 46.5 Å². The van der Waals surface area contributed by atoms with Crippen molar-refractivity contribution in [2.24, 2.45) is 0 Å². The predicted octanol–water partition coefficient (Wildman–Crippen LogP) is 0.485. The predicted molar refractivity (Wildman–Crippen MR) is 57.9 cm³/mol. The number of ether oxygens (including phenoxy) is 1. The normalized spacial score (nSPS) is 11.3. The number of carbonyl (C=O) groups excluding carboxylic acids is 1. The average Bonchev–Trinajstić information content (AvgIpc) is 2.20. The summed E-state index contributed by atoms with van der Waals surface area (Å²) in [6.07, 6.45) is -0.988. The van der Waals surface area contributed by atoms with E-state index in [1.807, 2.05) is 0 Å². The third-order valence-corrected chi connectivity index (χ3v) is 2.03. The molecule has 0 bridgehead atoms. The molecular weight excluding hydrogens is 220 g/mol. The second-order valence-corrected chi connectivity index (χ2v) is 3.12. The third-order valence-electron chi connectivity index (χ3n) is 1.69. The van der Waals surface area contributed by atoms with Gasteiger partial charge in [0.15, 0.2) is 0 Å². The van der Waals surface area contributed by atoms with E-state index in [9.17, 15) is 13.6 Å². The van der Waals surface area contributed by atoms with Crippen molar-refractivity contribution in [3.63, 3.8) is 0 Å². The van der Waals surface area contributed by atoms with Gasteiger partial charge in [-0.25, -0.2) is 4.79 Å². The highest BCUT2D eigenvalue weighted by Crippen LogP contribution is 1.81. The van der Waals surface area contributed by atoms with E-state index in [1.54, 1.807) is 0 Å². The van der Waals surface area contributed by atoms with Gasteiger partial charge < -0.3 is 14.2 Å². The molecule has 0 saturated carbocycles. The Balaban J connectivity index is 0. The van der Waals surface area contributed by atoms with Crippen LogP contribution in [0.5, 0.6) is 0 Å². The lowest BCUT2D eigenvalue weighted by molar-refractivity contribution is 0.177. The number of nitrogens with zero attached hydrogens (tertiary/aromatic N) is 1. The second kappa shape index (κ2) is 11.4. The zero-order chi connectivity index (χ0) is 12.3. The van der Waals surface area contributed by atoms with Gasteiger partial charge >= 0.3 is 6.09 Å². The number of methoxy groups -OCH3 is 1. The first-order valence-electron chi connectivity index (χ1n) is 4.67. The summed E-state index contributed by atoms with van der Waals surface area (Å²) in [5.74, 6) is 0. The van der Waals surface area contributed by atoms with Gasteiger partial charge in [0.05, 0.1) is 7.11 Å². The summed E-state index contributed by atoms with van der Waals surface area (Å²) in [5.41, 5.74) is 0. The lowest BCUT2D eigenvalue weighted by Crippen LogP contribution is -2.24. The van der Waals surface area contributed by atoms with Gasteiger partial charge in [-0.3, -0.25) is 8.93 Å². The first-order valence-corrected chi connectivity index (χ1v) is 5.75. The fraction of sp³-hybridized carbons (Fsp3) is 0.875. The monoisotopic (exact) mass is 239 g/mol. The van der Waals surface area contributed by atoms with Gasteiger partial charge in [-0.2, -0.15) is 0 Å². The van der Waals surface area contributed by atoms with Gasteiger partial charge in [0.25, 0.3) is 0 Å². The van der Waals surface area contributed by atoms with Crippen LogP contribution < -0.4 is 4.72 Å². The van der Waals surface area contributed by atoms with E-state index in [-0.39, 0.29) is 0 Å². The van der Waals surface area contributed by atoms with Gasteiger partial charge in [0.1, 0.15) is 0 Å².